The van der Waals surface area contributed by atoms with Crippen LogP contribution >= 0.6 is 0 Å². The summed E-state index contributed by atoms with van der Waals surface area (Å²) in [4.78, 5) is 0. The van der Waals surface area contributed by atoms with Crippen molar-refractivity contribution in [3.8, 4) is 0 Å². The molecule has 1 rings (SSSR count). The smallest absolute Gasteiger partial charge is 0.126 e. The van der Waals surface area contributed by atoms with E-state index in [0.717, 1.165) is 11.6 Å². The van der Waals surface area contributed by atoms with Crippen LogP contribution in [-0.4, -0.2) is 6.04 Å². The average Bonchev–Trinajstić information content (AvgIpc) is 2.01. The van der Waals surface area contributed by atoms with Gasteiger partial charge in [0.2, 0.25) is 0 Å². The van der Waals surface area contributed by atoms with Crippen LogP contribution in [0.15, 0.2) is 30.4 Å². The van der Waals surface area contributed by atoms with Crippen molar-refractivity contribution >= 4 is 0 Å². The molecule has 1 aromatic carbocycles. The largest absolute Gasteiger partial charge is 0.324 e. The highest BCUT2D eigenvalue weighted by Crippen LogP contribution is 2.11. The van der Waals surface area contributed by atoms with Gasteiger partial charge in [-0.25, -0.2) is 8.78 Å². The van der Waals surface area contributed by atoms with Gasteiger partial charge in [-0.15, -0.1) is 0 Å². The minimum absolute atomic E-state index is 0.254. The minimum atomic E-state index is -0.575. The predicted molar refractivity (Wildman–Crippen MR) is 52.9 cm³/mol. The molecule has 0 aromatic heterocycles. The van der Waals surface area contributed by atoms with Gasteiger partial charge in [-0.1, -0.05) is 12.2 Å². The zero-order chi connectivity index (χ0) is 10.7. The maximum absolute atomic E-state index is 12.8. The molecule has 14 heavy (non-hydrogen) atoms. The van der Waals surface area contributed by atoms with Crippen LogP contribution in [0.3, 0.4) is 0 Å². The topological polar surface area (TPSA) is 26.0 Å². The molecule has 0 radical (unpaired) electrons. The first-order chi connectivity index (χ1) is 6.49. The Balaban J connectivity index is 2.81. The summed E-state index contributed by atoms with van der Waals surface area (Å²) >= 11 is 0. The van der Waals surface area contributed by atoms with Gasteiger partial charge < -0.3 is 5.73 Å². The van der Waals surface area contributed by atoms with Crippen LogP contribution in [0.1, 0.15) is 12.5 Å². The van der Waals surface area contributed by atoms with Crippen LogP contribution in [0, 0.1) is 11.6 Å². The van der Waals surface area contributed by atoms with E-state index in [1.54, 1.807) is 6.92 Å². The van der Waals surface area contributed by atoms with E-state index < -0.39 is 11.6 Å². The fourth-order valence-corrected chi connectivity index (χ4v) is 1.16. The highest BCUT2D eigenvalue weighted by atomic mass is 19.1. The molecule has 3 heteroatoms. The summed E-state index contributed by atoms with van der Waals surface area (Å²) in [6, 6.07) is 3.16. The Hall–Kier alpha value is -1.22. The molecule has 0 aliphatic heterocycles. The van der Waals surface area contributed by atoms with E-state index in [1.165, 1.54) is 12.1 Å². The fourth-order valence-electron chi connectivity index (χ4n) is 1.16. The van der Waals surface area contributed by atoms with Gasteiger partial charge in [-0.3, -0.25) is 0 Å². The molecular weight excluding hydrogens is 184 g/mol. The molecule has 0 spiro atoms. The first-order valence-corrected chi connectivity index (χ1v) is 4.35. The summed E-state index contributed by atoms with van der Waals surface area (Å²) in [5.41, 5.74) is 7.06. The van der Waals surface area contributed by atoms with Crippen molar-refractivity contribution in [2.45, 2.75) is 19.4 Å². The number of nitrogens with two attached hydrogens (primary N) is 1. The number of halogens is 2. The zero-order valence-electron chi connectivity index (χ0n) is 8.06. The van der Waals surface area contributed by atoms with Gasteiger partial charge in [0.1, 0.15) is 11.6 Å². The van der Waals surface area contributed by atoms with Gasteiger partial charge in [0.05, 0.1) is 0 Å². The molecule has 0 saturated carbocycles. The number of hydrogen-bond acceptors (Lipinski definition) is 1. The highest BCUT2D eigenvalue weighted by Gasteiger charge is 2.06. The number of benzene rings is 1. The van der Waals surface area contributed by atoms with E-state index in [1.807, 2.05) is 0 Å². The van der Waals surface area contributed by atoms with Crippen LogP contribution in [0.2, 0.25) is 0 Å². The van der Waals surface area contributed by atoms with Crippen molar-refractivity contribution in [1.82, 2.24) is 0 Å². The van der Waals surface area contributed by atoms with E-state index in [-0.39, 0.29) is 6.04 Å². The number of rotatable bonds is 3. The molecule has 0 fully saturated rings. The predicted octanol–water partition coefficient (Wildman–Crippen LogP) is 2.41. The van der Waals surface area contributed by atoms with Crippen molar-refractivity contribution in [1.29, 1.82) is 0 Å². The Morgan fingerprint density at radius 3 is 2.29 bits per heavy atom. The first-order valence-electron chi connectivity index (χ1n) is 4.35. The van der Waals surface area contributed by atoms with E-state index in [9.17, 15) is 8.78 Å². The van der Waals surface area contributed by atoms with Crippen LogP contribution in [0.5, 0.6) is 0 Å². The van der Waals surface area contributed by atoms with E-state index in [2.05, 4.69) is 6.58 Å². The van der Waals surface area contributed by atoms with Crippen molar-refractivity contribution in [3.63, 3.8) is 0 Å². The molecule has 2 N–H and O–H groups in total. The van der Waals surface area contributed by atoms with E-state index in [4.69, 9.17) is 5.73 Å². The summed E-state index contributed by atoms with van der Waals surface area (Å²) in [5, 5.41) is 0. The van der Waals surface area contributed by atoms with Gasteiger partial charge >= 0.3 is 0 Å². The van der Waals surface area contributed by atoms with Crippen LogP contribution in [0.4, 0.5) is 8.78 Å². The third-order valence-electron chi connectivity index (χ3n) is 2.01. The molecule has 0 heterocycles. The molecule has 1 atom stereocenters. The molecule has 0 aliphatic carbocycles. The molecule has 1 unspecified atom stereocenters. The monoisotopic (exact) mass is 197 g/mol. The lowest BCUT2D eigenvalue weighted by Crippen LogP contribution is -2.23. The van der Waals surface area contributed by atoms with Gasteiger partial charge in [0.15, 0.2) is 0 Å². The Morgan fingerprint density at radius 1 is 1.36 bits per heavy atom. The second-order valence-electron chi connectivity index (χ2n) is 3.43. The van der Waals surface area contributed by atoms with Gasteiger partial charge in [-0.05, 0) is 31.0 Å². The molecule has 0 bridgehead atoms. The van der Waals surface area contributed by atoms with Crippen molar-refractivity contribution in [2.24, 2.45) is 5.73 Å². The highest BCUT2D eigenvalue weighted by molar-refractivity contribution is 5.21. The normalized spacial score (nSPS) is 12.6. The maximum atomic E-state index is 12.8. The quantitative estimate of drug-likeness (QED) is 0.740. The van der Waals surface area contributed by atoms with Gasteiger partial charge in [0, 0.05) is 12.1 Å². The lowest BCUT2D eigenvalue weighted by atomic mass is 10.0. The Morgan fingerprint density at radius 2 is 1.86 bits per heavy atom. The first kappa shape index (κ1) is 10.9. The Kier molecular flexibility index (Phi) is 3.36. The maximum Gasteiger partial charge on any atom is 0.126 e. The lowest BCUT2D eigenvalue weighted by Gasteiger charge is -2.11. The van der Waals surface area contributed by atoms with E-state index in [0.29, 0.717) is 12.0 Å². The van der Waals surface area contributed by atoms with Crippen LogP contribution < -0.4 is 5.73 Å². The molecule has 0 amide bonds. The summed E-state index contributed by atoms with van der Waals surface area (Å²) < 4.78 is 25.6. The Bertz CT molecular complexity index is 327. The van der Waals surface area contributed by atoms with Gasteiger partial charge in [0.25, 0.3) is 0 Å². The third-order valence-corrected chi connectivity index (χ3v) is 2.01. The Labute approximate surface area is 82.2 Å². The SMILES string of the molecule is C=C(C)C(N)Cc1cc(F)cc(F)c1. The van der Waals surface area contributed by atoms with Crippen molar-refractivity contribution in [3.05, 3.63) is 47.5 Å². The molecule has 0 aliphatic rings. The van der Waals surface area contributed by atoms with E-state index >= 15 is 0 Å². The summed E-state index contributed by atoms with van der Waals surface area (Å²) in [6.07, 6.45) is 0.407. The molecule has 0 saturated heterocycles. The lowest BCUT2D eigenvalue weighted by molar-refractivity contribution is 0.577. The minimum Gasteiger partial charge on any atom is -0.324 e. The standard InChI is InChI=1S/C11H13F2N/c1-7(2)11(14)5-8-3-9(12)6-10(13)4-8/h3-4,6,11H,1,5,14H2,2H3. The fraction of sp³-hybridized carbons (Fsp3) is 0.273. The zero-order valence-corrected chi connectivity index (χ0v) is 8.06. The molecule has 1 nitrogen and oxygen atoms in total. The van der Waals surface area contributed by atoms with Crippen LogP contribution in [0.25, 0.3) is 0 Å². The average molecular weight is 197 g/mol. The second-order valence-corrected chi connectivity index (χ2v) is 3.43. The summed E-state index contributed by atoms with van der Waals surface area (Å²) in [5.74, 6) is -1.15. The van der Waals surface area contributed by atoms with Crippen LogP contribution in [-0.2, 0) is 6.42 Å². The van der Waals surface area contributed by atoms with Crippen molar-refractivity contribution in [2.75, 3.05) is 0 Å². The second kappa shape index (κ2) is 4.33. The summed E-state index contributed by atoms with van der Waals surface area (Å²) in [6.45, 7) is 5.48. The molecular formula is C11H13F2N. The molecule has 76 valence electrons. The van der Waals surface area contributed by atoms with Gasteiger partial charge in [-0.2, -0.15) is 0 Å². The number of hydrogen-bond donors (Lipinski definition) is 1. The van der Waals surface area contributed by atoms with Crippen molar-refractivity contribution < 1.29 is 8.78 Å². The summed E-state index contributed by atoms with van der Waals surface area (Å²) in [7, 11) is 0. The molecule has 1 aromatic rings. The third kappa shape index (κ3) is 2.92.